The summed E-state index contributed by atoms with van der Waals surface area (Å²) in [5, 5.41) is 26.7. The van der Waals surface area contributed by atoms with E-state index in [2.05, 4.69) is 12.2 Å². The minimum absolute atomic E-state index is 0.172. The van der Waals surface area contributed by atoms with Gasteiger partial charge in [0.05, 0.1) is 6.10 Å². The van der Waals surface area contributed by atoms with Crippen molar-refractivity contribution < 1.29 is 20.1 Å². The Morgan fingerprint density at radius 1 is 0.900 bits per heavy atom. The first-order valence-corrected chi connectivity index (χ1v) is 7.78. The second-order valence-corrected chi connectivity index (χ2v) is 5.45. The highest BCUT2D eigenvalue weighted by atomic mass is 16.4. The maximum Gasteiger partial charge on any atom is 0.332 e. The molecular formula is C16H30O4. The number of aliphatic hydroxyl groups is 2. The van der Waals surface area contributed by atoms with Gasteiger partial charge in [0, 0.05) is 0 Å². The second kappa shape index (κ2) is 13.1. The van der Waals surface area contributed by atoms with Crippen molar-refractivity contribution in [3.63, 3.8) is 0 Å². The summed E-state index contributed by atoms with van der Waals surface area (Å²) >= 11 is 0. The van der Waals surface area contributed by atoms with Gasteiger partial charge >= 0.3 is 5.97 Å². The highest BCUT2D eigenvalue weighted by Crippen LogP contribution is 2.09. The topological polar surface area (TPSA) is 77.8 Å². The lowest BCUT2D eigenvalue weighted by Crippen LogP contribution is -2.18. The lowest BCUT2D eigenvalue weighted by atomic mass is 10.1. The van der Waals surface area contributed by atoms with Gasteiger partial charge in [-0.15, -0.1) is 0 Å². The van der Waals surface area contributed by atoms with Gasteiger partial charge in [-0.1, -0.05) is 31.4 Å². The van der Waals surface area contributed by atoms with E-state index in [1.54, 1.807) is 0 Å². The molecule has 0 aromatic rings. The lowest BCUT2D eigenvalue weighted by molar-refractivity contribution is -0.146. The van der Waals surface area contributed by atoms with Gasteiger partial charge in [-0.2, -0.15) is 0 Å². The van der Waals surface area contributed by atoms with E-state index in [0.717, 1.165) is 38.5 Å². The van der Waals surface area contributed by atoms with Crippen LogP contribution in [0.2, 0.25) is 0 Å². The average Bonchev–Trinajstić information content (AvgIpc) is 2.39. The van der Waals surface area contributed by atoms with Gasteiger partial charge < -0.3 is 15.3 Å². The van der Waals surface area contributed by atoms with Crippen molar-refractivity contribution in [1.82, 2.24) is 0 Å². The number of hydrogen-bond acceptors (Lipinski definition) is 3. The number of aliphatic hydroxyl groups excluding tert-OH is 2. The number of carboxylic acids is 1. The van der Waals surface area contributed by atoms with Crippen molar-refractivity contribution in [3.8, 4) is 0 Å². The molecule has 0 aliphatic carbocycles. The van der Waals surface area contributed by atoms with Crippen LogP contribution in [0.3, 0.4) is 0 Å². The molecule has 4 nitrogen and oxygen atoms in total. The SMILES string of the molecule is CC(O)CCCCCCC=CCCCCC(O)C(=O)O. The number of allylic oxidation sites excluding steroid dienone is 2. The van der Waals surface area contributed by atoms with Gasteiger partial charge in [0.2, 0.25) is 0 Å². The van der Waals surface area contributed by atoms with Gasteiger partial charge in [0.15, 0.2) is 6.10 Å². The predicted octanol–water partition coefficient (Wildman–Crippen LogP) is 3.27. The Morgan fingerprint density at radius 2 is 1.40 bits per heavy atom. The van der Waals surface area contributed by atoms with Crippen LogP contribution in [-0.2, 0) is 4.79 Å². The van der Waals surface area contributed by atoms with Crippen molar-refractivity contribution in [1.29, 1.82) is 0 Å². The van der Waals surface area contributed by atoms with Crippen LogP contribution in [0, 0.1) is 0 Å². The Kier molecular flexibility index (Phi) is 12.6. The first kappa shape index (κ1) is 19.1. The van der Waals surface area contributed by atoms with E-state index in [-0.39, 0.29) is 6.10 Å². The quantitative estimate of drug-likeness (QED) is 0.359. The highest BCUT2D eigenvalue weighted by Gasteiger charge is 2.11. The molecule has 0 aromatic heterocycles. The number of carboxylic acid groups (broad SMARTS) is 1. The zero-order valence-electron chi connectivity index (χ0n) is 12.6. The molecule has 0 rings (SSSR count). The molecule has 0 heterocycles. The summed E-state index contributed by atoms with van der Waals surface area (Å²) < 4.78 is 0. The molecule has 2 atom stereocenters. The van der Waals surface area contributed by atoms with E-state index in [9.17, 15) is 4.79 Å². The van der Waals surface area contributed by atoms with E-state index in [1.807, 2.05) is 6.92 Å². The third-order valence-electron chi connectivity index (χ3n) is 3.29. The molecule has 0 amide bonds. The number of rotatable bonds is 13. The molecule has 0 aliphatic rings. The Labute approximate surface area is 122 Å². The van der Waals surface area contributed by atoms with Gasteiger partial charge in [0.25, 0.3) is 0 Å². The third kappa shape index (κ3) is 13.6. The van der Waals surface area contributed by atoms with Crippen LogP contribution in [0.1, 0.15) is 71.1 Å². The average molecular weight is 286 g/mol. The molecule has 0 saturated heterocycles. The smallest absolute Gasteiger partial charge is 0.332 e. The molecule has 0 spiro atoms. The van der Waals surface area contributed by atoms with E-state index in [0.29, 0.717) is 6.42 Å². The van der Waals surface area contributed by atoms with Crippen molar-refractivity contribution in [2.45, 2.75) is 83.3 Å². The first-order valence-electron chi connectivity index (χ1n) is 7.78. The molecule has 0 aliphatic heterocycles. The van der Waals surface area contributed by atoms with Crippen LogP contribution in [0.25, 0.3) is 0 Å². The van der Waals surface area contributed by atoms with E-state index < -0.39 is 12.1 Å². The summed E-state index contributed by atoms with van der Waals surface area (Å²) in [6.45, 7) is 1.83. The van der Waals surface area contributed by atoms with E-state index in [1.165, 1.54) is 19.3 Å². The zero-order chi connectivity index (χ0) is 15.2. The molecule has 0 bridgehead atoms. The van der Waals surface area contributed by atoms with Crippen molar-refractivity contribution >= 4 is 5.97 Å². The summed E-state index contributed by atoms with van der Waals surface area (Å²) in [7, 11) is 0. The molecule has 0 aromatic carbocycles. The highest BCUT2D eigenvalue weighted by molar-refractivity contribution is 5.71. The minimum Gasteiger partial charge on any atom is -0.479 e. The summed E-state index contributed by atoms with van der Waals surface area (Å²) in [6.07, 6.45) is 12.6. The van der Waals surface area contributed by atoms with E-state index in [4.69, 9.17) is 15.3 Å². The fourth-order valence-electron chi connectivity index (χ4n) is 2.01. The minimum atomic E-state index is -1.21. The molecule has 2 unspecified atom stereocenters. The van der Waals surface area contributed by atoms with Gasteiger partial charge in [-0.25, -0.2) is 4.79 Å². The van der Waals surface area contributed by atoms with Crippen LogP contribution in [0.5, 0.6) is 0 Å². The molecule has 118 valence electrons. The normalized spacial score (nSPS) is 14.6. The van der Waals surface area contributed by atoms with Crippen LogP contribution in [-0.4, -0.2) is 33.5 Å². The number of unbranched alkanes of at least 4 members (excludes halogenated alkanes) is 6. The van der Waals surface area contributed by atoms with Gasteiger partial charge in [-0.3, -0.25) is 0 Å². The maximum atomic E-state index is 10.4. The second-order valence-electron chi connectivity index (χ2n) is 5.45. The fourth-order valence-corrected chi connectivity index (χ4v) is 2.01. The monoisotopic (exact) mass is 286 g/mol. The van der Waals surface area contributed by atoms with Gasteiger partial charge in [0.1, 0.15) is 0 Å². The Balaban J connectivity index is 3.22. The Bertz CT molecular complexity index is 261. The molecule has 4 heteroatoms. The number of hydrogen-bond donors (Lipinski definition) is 3. The van der Waals surface area contributed by atoms with Crippen molar-refractivity contribution in [2.75, 3.05) is 0 Å². The lowest BCUT2D eigenvalue weighted by Gasteiger charge is -2.03. The Hall–Kier alpha value is -0.870. The number of carbonyl (C=O) groups is 1. The molecule has 0 saturated carbocycles. The first-order chi connectivity index (χ1) is 9.54. The van der Waals surface area contributed by atoms with Crippen molar-refractivity contribution in [3.05, 3.63) is 12.2 Å². The summed E-state index contributed by atoms with van der Waals surface area (Å²) in [5.74, 6) is -1.13. The zero-order valence-corrected chi connectivity index (χ0v) is 12.6. The van der Waals surface area contributed by atoms with Crippen LogP contribution in [0.4, 0.5) is 0 Å². The Morgan fingerprint density at radius 3 is 1.95 bits per heavy atom. The predicted molar refractivity (Wildman–Crippen MR) is 80.6 cm³/mol. The molecule has 0 fully saturated rings. The maximum absolute atomic E-state index is 10.4. The standard InChI is InChI=1S/C16H30O4/c1-14(17)12-10-8-6-4-2-3-5-7-9-11-13-15(18)16(19)20/h3,5,14-15,17-18H,2,4,6-13H2,1H3,(H,19,20). The fraction of sp³-hybridized carbons (Fsp3) is 0.812. The molecular weight excluding hydrogens is 256 g/mol. The van der Waals surface area contributed by atoms with Crippen LogP contribution >= 0.6 is 0 Å². The molecule has 3 N–H and O–H groups in total. The third-order valence-corrected chi connectivity index (χ3v) is 3.29. The summed E-state index contributed by atoms with van der Waals surface area (Å²) in [5.41, 5.74) is 0. The summed E-state index contributed by atoms with van der Waals surface area (Å²) in [6, 6.07) is 0. The van der Waals surface area contributed by atoms with Crippen LogP contribution in [0.15, 0.2) is 12.2 Å². The van der Waals surface area contributed by atoms with Crippen molar-refractivity contribution in [2.24, 2.45) is 0 Å². The van der Waals surface area contributed by atoms with E-state index >= 15 is 0 Å². The largest absolute Gasteiger partial charge is 0.479 e. The summed E-state index contributed by atoms with van der Waals surface area (Å²) in [4.78, 5) is 10.4. The van der Waals surface area contributed by atoms with Crippen LogP contribution < -0.4 is 0 Å². The van der Waals surface area contributed by atoms with Gasteiger partial charge in [-0.05, 0) is 51.9 Å². The molecule has 0 radical (unpaired) electrons. The number of aliphatic carboxylic acids is 1. The molecule has 20 heavy (non-hydrogen) atoms.